The van der Waals surface area contributed by atoms with Crippen molar-refractivity contribution >= 4 is 11.8 Å². The van der Waals surface area contributed by atoms with Crippen LogP contribution in [-0.4, -0.2) is 41.3 Å². The molecule has 164 valence electrons. The molecule has 0 radical (unpaired) electrons. The summed E-state index contributed by atoms with van der Waals surface area (Å²) >= 11 is 0. The van der Waals surface area contributed by atoms with Crippen LogP contribution in [0.2, 0.25) is 0 Å². The van der Waals surface area contributed by atoms with E-state index in [0.29, 0.717) is 23.1 Å². The number of aryl methyl sites for hydroxylation is 1. The van der Waals surface area contributed by atoms with Gasteiger partial charge < -0.3 is 11.1 Å². The van der Waals surface area contributed by atoms with Gasteiger partial charge in [-0.3, -0.25) is 19.5 Å². The summed E-state index contributed by atoms with van der Waals surface area (Å²) in [6.07, 6.45) is 5.04. The van der Waals surface area contributed by atoms with Gasteiger partial charge >= 0.3 is 0 Å². The van der Waals surface area contributed by atoms with Crippen LogP contribution >= 0.6 is 0 Å². The lowest BCUT2D eigenvalue weighted by Crippen LogP contribution is -2.49. The van der Waals surface area contributed by atoms with E-state index in [2.05, 4.69) is 39.5 Å². The number of likely N-dealkylation sites (N-methyl/N-ethyl adjacent to an activating group) is 1. The molecule has 1 aromatic carbocycles. The first kappa shape index (κ1) is 21.5. The molecule has 6 heteroatoms. The molecule has 1 unspecified atom stereocenters. The van der Waals surface area contributed by atoms with Crippen LogP contribution in [0, 0.1) is 12.8 Å². The third kappa shape index (κ3) is 4.79. The van der Waals surface area contributed by atoms with Crippen LogP contribution in [0.15, 0.2) is 36.4 Å². The third-order valence-corrected chi connectivity index (χ3v) is 6.99. The molecule has 4 rings (SSSR count). The monoisotopic (exact) mass is 420 g/mol. The van der Waals surface area contributed by atoms with Gasteiger partial charge in [-0.1, -0.05) is 24.3 Å². The molecular formula is C25H32N4O2. The summed E-state index contributed by atoms with van der Waals surface area (Å²) in [5, 5.41) is 3.22. The number of rotatable bonds is 5. The Morgan fingerprint density at radius 1 is 1.10 bits per heavy atom. The molecular weight excluding hydrogens is 388 g/mol. The number of amides is 2. The van der Waals surface area contributed by atoms with Crippen molar-refractivity contribution in [1.29, 1.82) is 0 Å². The average molecular weight is 421 g/mol. The number of primary amides is 1. The van der Waals surface area contributed by atoms with Crippen molar-refractivity contribution in [2.75, 3.05) is 13.6 Å². The molecule has 31 heavy (non-hydrogen) atoms. The molecule has 6 nitrogen and oxygen atoms in total. The van der Waals surface area contributed by atoms with E-state index in [1.165, 1.54) is 11.1 Å². The predicted molar refractivity (Wildman–Crippen MR) is 121 cm³/mol. The topological polar surface area (TPSA) is 88.3 Å². The Kier molecular flexibility index (Phi) is 6.37. The largest absolute Gasteiger partial charge is 0.366 e. The number of nitrogens with two attached hydrogens (primary N) is 1. The molecule has 0 spiro atoms. The van der Waals surface area contributed by atoms with Crippen molar-refractivity contribution in [1.82, 2.24) is 15.2 Å². The maximum absolute atomic E-state index is 12.9. The molecule has 2 aromatic rings. The van der Waals surface area contributed by atoms with Gasteiger partial charge in [0.15, 0.2) is 0 Å². The summed E-state index contributed by atoms with van der Waals surface area (Å²) in [6, 6.07) is 12.0. The molecule has 1 atom stereocenters. The maximum Gasteiger partial charge on any atom is 0.250 e. The molecule has 0 bridgehead atoms. The normalized spacial score (nSPS) is 23.7. The molecule has 2 amide bonds. The quantitative estimate of drug-likeness (QED) is 0.778. The predicted octanol–water partition coefficient (Wildman–Crippen LogP) is 2.94. The molecule has 3 N–H and O–H groups in total. The number of nitrogens with one attached hydrogen (secondary N) is 1. The number of carbonyl (C=O) groups excluding carboxylic acids is 2. The molecule has 2 heterocycles. The first-order chi connectivity index (χ1) is 14.9. The van der Waals surface area contributed by atoms with E-state index < -0.39 is 5.91 Å². The number of pyridine rings is 1. The van der Waals surface area contributed by atoms with Crippen LogP contribution in [0.4, 0.5) is 0 Å². The minimum absolute atomic E-state index is 0.0952. The van der Waals surface area contributed by atoms with Gasteiger partial charge in [-0.25, -0.2) is 0 Å². The number of carbonyl (C=O) groups is 2. The molecule has 1 aliphatic heterocycles. The summed E-state index contributed by atoms with van der Waals surface area (Å²) in [4.78, 5) is 31.1. The van der Waals surface area contributed by atoms with Crippen molar-refractivity contribution in [3.05, 3.63) is 64.5 Å². The Morgan fingerprint density at radius 2 is 1.81 bits per heavy atom. The van der Waals surface area contributed by atoms with Gasteiger partial charge in [0.1, 0.15) is 0 Å². The zero-order valence-corrected chi connectivity index (χ0v) is 18.4. The summed E-state index contributed by atoms with van der Waals surface area (Å²) < 4.78 is 0. The number of aromatic nitrogens is 1. The Bertz CT molecular complexity index is 966. The molecule has 1 aliphatic carbocycles. The van der Waals surface area contributed by atoms with Crippen LogP contribution < -0.4 is 11.1 Å². The lowest BCUT2D eigenvalue weighted by atomic mass is 9.80. The Hall–Kier alpha value is -2.73. The van der Waals surface area contributed by atoms with E-state index >= 15 is 0 Å². The minimum Gasteiger partial charge on any atom is -0.366 e. The van der Waals surface area contributed by atoms with E-state index in [1.54, 1.807) is 6.07 Å². The van der Waals surface area contributed by atoms with Crippen LogP contribution in [-0.2, 0) is 17.8 Å². The number of hydrogen-bond donors (Lipinski definition) is 2. The summed E-state index contributed by atoms with van der Waals surface area (Å²) in [6.45, 7) is 3.40. The van der Waals surface area contributed by atoms with E-state index in [0.717, 1.165) is 50.9 Å². The zero-order chi connectivity index (χ0) is 22.0. The van der Waals surface area contributed by atoms with E-state index in [9.17, 15) is 9.59 Å². The number of nitrogens with zero attached hydrogens (tertiary/aromatic N) is 2. The number of hydrogen-bond acceptors (Lipinski definition) is 4. The molecule has 0 saturated heterocycles. The van der Waals surface area contributed by atoms with Gasteiger partial charge in [0.05, 0.1) is 17.3 Å². The second-order valence-corrected chi connectivity index (χ2v) is 9.10. The summed E-state index contributed by atoms with van der Waals surface area (Å²) in [5.74, 6) is 0.627. The highest BCUT2D eigenvalue weighted by molar-refractivity contribution is 5.93. The van der Waals surface area contributed by atoms with Gasteiger partial charge in [0.2, 0.25) is 5.91 Å². The molecule has 1 saturated carbocycles. The smallest absolute Gasteiger partial charge is 0.250 e. The molecule has 1 fully saturated rings. The van der Waals surface area contributed by atoms with Gasteiger partial charge in [-0.05, 0) is 75.3 Å². The summed E-state index contributed by atoms with van der Waals surface area (Å²) in [7, 11) is 2.03. The van der Waals surface area contributed by atoms with Crippen LogP contribution in [0.25, 0.3) is 0 Å². The number of fused-ring (bicyclic) bond motifs is 1. The number of benzene rings is 1. The first-order valence-electron chi connectivity index (χ1n) is 11.2. The first-order valence-corrected chi connectivity index (χ1v) is 11.2. The minimum atomic E-state index is -0.428. The Balaban J connectivity index is 1.27. The van der Waals surface area contributed by atoms with Crippen LogP contribution in [0.3, 0.4) is 0 Å². The molecule has 1 aromatic heterocycles. The lowest BCUT2D eigenvalue weighted by Gasteiger charge is -2.34. The van der Waals surface area contributed by atoms with E-state index in [1.807, 2.05) is 20.0 Å². The Labute approximate surface area is 184 Å². The maximum atomic E-state index is 12.9. The fraction of sp³-hybridized carbons (Fsp3) is 0.480. The second-order valence-electron chi connectivity index (χ2n) is 9.10. The zero-order valence-electron chi connectivity index (χ0n) is 18.4. The van der Waals surface area contributed by atoms with Crippen molar-refractivity contribution < 1.29 is 9.59 Å². The highest BCUT2D eigenvalue weighted by atomic mass is 16.2. The lowest BCUT2D eigenvalue weighted by molar-refractivity contribution is -0.126. The van der Waals surface area contributed by atoms with Crippen molar-refractivity contribution in [3.8, 4) is 0 Å². The average Bonchev–Trinajstić information content (AvgIpc) is 2.77. The fourth-order valence-electron chi connectivity index (χ4n) is 5.04. The second kappa shape index (κ2) is 9.18. The highest BCUT2D eigenvalue weighted by Crippen LogP contribution is 2.35. The van der Waals surface area contributed by atoms with Crippen molar-refractivity contribution in [2.45, 2.75) is 57.5 Å². The summed E-state index contributed by atoms with van der Waals surface area (Å²) in [5.41, 5.74) is 10.2. The van der Waals surface area contributed by atoms with E-state index in [4.69, 9.17) is 5.73 Å². The van der Waals surface area contributed by atoms with Crippen molar-refractivity contribution in [3.63, 3.8) is 0 Å². The Morgan fingerprint density at radius 3 is 2.48 bits per heavy atom. The van der Waals surface area contributed by atoms with Gasteiger partial charge in [-0.15, -0.1) is 0 Å². The standard InChI is InChI=1S/C25H32N4O2/c1-16-21(24(26)30)11-12-22(28-16)18-9-7-17(8-10-18)14-27-25(31)23-13-19-5-3-4-6-20(19)15-29(23)2/h3-6,11-12,17-18,23H,7-10,13-15H2,1-2H3,(H2,26,30)(H,27,31). The highest BCUT2D eigenvalue weighted by Gasteiger charge is 2.30. The van der Waals surface area contributed by atoms with Gasteiger partial charge in [0, 0.05) is 24.7 Å². The third-order valence-electron chi connectivity index (χ3n) is 6.99. The molecule has 2 aliphatic rings. The van der Waals surface area contributed by atoms with Crippen molar-refractivity contribution in [2.24, 2.45) is 11.7 Å². The van der Waals surface area contributed by atoms with E-state index in [-0.39, 0.29) is 11.9 Å². The van der Waals surface area contributed by atoms with Crippen LogP contribution in [0.1, 0.15) is 64.5 Å². The van der Waals surface area contributed by atoms with Gasteiger partial charge in [0.25, 0.3) is 5.91 Å². The van der Waals surface area contributed by atoms with Gasteiger partial charge in [-0.2, -0.15) is 0 Å². The fourth-order valence-corrected chi connectivity index (χ4v) is 5.04. The SMILES string of the molecule is Cc1nc(C2CCC(CNC(=O)C3Cc4ccccc4CN3C)CC2)ccc1C(N)=O. The van der Waals surface area contributed by atoms with Crippen LogP contribution in [0.5, 0.6) is 0 Å².